The zero-order chi connectivity index (χ0) is 22.0. The molecule has 5 nitrogen and oxygen atoms in total. The van der Waals surface area contributed by atoms with Crippen molar-refractivity contribution in [2.45, 2.75) is 50.4 Å². The molecular formula is C20H28F4N2O3. The first-order valence-electron chi connectivity index (χ1n) is 9.42. The van der Waals surface area contributed by atoms with Gasteiger partial charge in [0.2, 0.25) is 0 Å². The Hall–Kier alpha value is -1.71. The molecule has 29 heavy (non-hydrogen) atoms. The van der Waals surface area contributed by atoms with Gasteiger partial charge in [-0.05, 0) is 30.0 Å². The van der Waals surface area contributed by atoms with Crippen molar-refractivity contribution in [3.05, 3.63) is 29.6 Å². The van der Waals surface area contributed by atoms with Gasteiger partial charge in [0.05, 0.1) is 13.2 Å². The molecule has 1 fully saturated rings. The highest BCUT2D eigenvalue weighted by Gasteiger charge is 2.56. The number of ketones is 1. The van der Waals surface area contributed by atoms with Gasteiger partial charge in [-0.3, -0.25) is 4.79 Å². The van der Waals surface area contributed by atoms with Crippen LogP contribution in [0.1, 0.15) is 32.8 Å². The Kier molecular flexibility index (Phi) is 6.97. The lowest BCUT2D eigenvalue weighted by molar-refractivity contribution is -0.264. The lowest BCUT2D eigenvalue weighted by Gasteiger charge is -2.39. The number of rotatable bonds is 7. The molecule has 1 aliphatic rings. The average molecular weight is 420 g/mol. The van der Waals surface area contributed by atoms with E-state index in [1.807, 2.05) is 0 Å². The van der Waals surface area contributed by atoms with Crippen LogP contribution in [0.2, 0.25) is 0 Å². The summed E-state index contributed by atoms with van der Waals surface area (Å²) in [5.41, 5.74) is -4.19. The van der Waals surface area contributed by atoms with Crippen molar-refractivity contribution in [3.63, 3.8) is 0 Å². The molecule has 0 aromatic heterocycles. The van der Waals surface area contributed by atoms with E-state index in [0.717, 1.165) is 12.1 Å². The van der Waals surface area contributed by atoms with E-state index in [2.05, 4.69) is 10.6 Å². The topological polar surface area (TPSA) is 70.6 Å². The molecule has 9 heteroatoms. The Morgan fingerprint density at radius 3 is 2.52 bits per heavy atom. The third kappa shape index (κ3) is 5.26. The maximum atomic E-state index is 13.8. The molecule has 1 aliphatic heterocycles. The quantitative estimate of drug-likeness (QED) is 0.592. The van der Waals surface area contributed by atoms with Crippen molar-refractivity contribution in [2.75, 3.05) is 26.7 Å². The third-order valence-corrected chi connectivity index (χ3v) is 5.42. The molecule has 0 radical (unpaired) electrons. The molecule has 2 rings (SSSR count). The number of aliphatic hydroxyl groups is 1. The zero-order valence-electron chi connectivity index (χ0n) is 17.0. The second-order valence-corrected chi connectivity index (χ2v) is 8.33. The second-order valence-electron chi connectivity index (χ2n) is 8.33. The number of nitrogens with one attached hydrogen (secondary N) is 2. The number of methoxy groups -OCH3 is 1. The van der Waals surface area contributed by atoms with E-state index in [4.69, 9.17) is 4.74 Å². The Labute approximate surface area is 167 Å². The van der Waals surface area contributed by atoms with E-state index >= 15 is 0 Å². The molecule has 1 aromatic carbocycles. The summed E-state index contributed by atoms with van der Waals surface area (Å²) < 4.78 is 60.5. The summed E-state index contributed by atoms with van der Waals surface area (Å²) >= 11 is 0. The number of ether oxygens (including phenoxy) is 1. The normalized spacial score (nSPS) is 23.0. The van der Waals surface area contributed by atoms with Gasteiger partial charge in [-0.25, -0.2) is 4.39 Å². The van der Waals surface area contributed by atoms with Crippen LogP contribution in [-0.4, -0.2) is 55.5 Å². The van der Waals surface area contributed by atoms with Crippen LogP contribution in [0.4, 0.5) is 17.6 Å². The Morgan fingerprint density at radius 1 is 1.28 bits per heavy atom. The Balaban J connectivity index is 2.27. The summed E-state index contributed by atoms with van der Waals surface area (Å²) in [7, 11) is 1.34. The van der Waals surface area contributed by atoms with Crippen LogP contribution in [0.5, 0.6) is 5.75 Å². The van der Waals surface area contributed by atoms with Gasteiger partial charge in [0.15, 0.2) is 11.4 Å². The summed E-state index contributed by atoms with van der Waals surface area (Å²) in [4.78, 5) is 12.2. The lowest BCUT2D eigenvalue weighted by Crippen LogP contribution is -2.61. The predicted molar refractivity (Wildman–Crippen MR) is 100 cm³/mol. The van der Waals surface area contributed by atoms with Crippen LogP contribution in [0.3, 0.4) is 0 Å². The first kappa shape index (κ1) is 23.6. The minimum Gasteiger partial charge on any atom is -0.496 e. The van der Waals surface area contributed by atoms with Crippen molar-refractivity contribution in [1.29, 1.82) is 0 Å². The molecule has 3 atom stereocenters. The van der Waals surface area contributed by atoms with Gasteiger partial charge in [-0.1, -0.05) is 20.8 Å². The van der Waals surface area contributed by atoms with Gasteiger partial charge in [-0.15, -0.1) is 0 Å². The van der Waals surface area contributed by atoms with Gasteiger partial charge in [0, 0.05) is 31.1 Å². The van der Waals surface area contributed by atoms with Gasteiger partial charge in [-0.2, -0.15) is 13.2 Å². The molecule has 1 aromatic rings. The number of piperidine rings is 1. The van der Waals surface area contributed by atoms with Crippen LogP contribution in [0.25, 0.3) is 0 Å². The van der Waals surface area contributed by atoms with Crippen LogP contribution in [0, 0.1) is 11.7 Å². The standard InChI is InChI=1S/C20H28F4N2O3/c1-12-8-25-9-15(17(12)27)26-11-19(28,20(22,23)24)10-18(2,3)14-7-13(21)5-6-16(14)29-4/h5-7,12,15,25-26,28H,8-11H2,1-4H3. The number of Topliss-reactive ketones (excluding diaryl/α,β-unsaturated/α-hetero) is 1. The summed E-state index contributed by atoms with van der Waals surface area (Å²) in [6.07, 6.45) is -5.71. The van der Waals surface area contributed by atoms with E-state index in [-0.39, 0.29) is 29.6 Å². The van der Waals surface area contributed by atoms with E-state index in [1.54, 1.807) is 6.92 Å². The van der Waals surface area contributed by atoms with Crippen molar-refractivity contribution >= 4 is 5.78 Å². The number of benzene rings is 1. The summed E-state index contributed by atoms with van der Waals surface area (Å²) in [6, 6.07) is 2.78. The highest BCUT2D eigenvalue weighted by Crippen LogP contribution is 2.43. The third-order valence-electron chi connectivity index (χ3n) is 5.42. The predicted octanol–water partition coefficient (Wildman–Crippen LogP) is 2.56. The number of hydrogen-bond acceptors (Lipinski definition) is 5. The molecule has 1 saturated heterocycles. The highest BCUT2D eigenvalue weighted by molar-refractivity contribution is 5.87. The molecule has 0 aliphatic carbocycles. The maximum absolute atomic E-state index is 13.8. The number of halogens is 4. The molecule has 3 N–H and O–H groups in total. The zero-order valence-corrected chi connectivity index (χ0v) is 17.0. The highest BCUT2D eigenvalue weighted by atomic mass is 19.4. The van der Waals surface area contributed by atoms with E-state index in [1.165, 1.54) is 27.0 Å². The van der Waals surface area contributed by atoms with Crippen LogP contribution < -0.4 is 15.4 Å². The van der Waals surface area contributed by atoms with Gasteiger partial charge >= 0.3 is 6.18 Å². The minimum absolute atomic E-state index is 0.193. The molecule has 0 amide bonds. The largest absolute Gasteiger partial charge is 0.496 e. The first-order valence-corrected chi connectivity index (χ1v) is 9.42. The first-order chi connectivity index (χ1) is 13.3. The Bertz CT molecular complexity index is 739. The summed E-state index contributed by atoms with van der Waals surface area (Å²) in [6.45, 7) is 4.46. The van der Waals surface area contributed by atoms with Crippen molar-refractivity contribution < 1.29 is 32.2 Å². The van der Waals surface area contributed by atoms with Crippen molar-refractivity contribution in [1.82, 2.24) is 10.6 Å². The lowest BCUT2D eigenvalue weighted by atomic mass is 9.74. The minimum atomic E-state index is -4.96. The van der Waals surface area contributed by atoms with Crippen molar-refractivity contribution in [3.8, 4) is 5.75 Å². The fraction of sp³-hybridized carbons (Fsp3) is 0.650. The monoisotopic (exact) mass is 420 g/mol. The maximum Gasteiger partial charge on any atom is 0.418 e. The van der Waals surface area contributed by atoms with Crippen molar-refractivity contribution in [2.24, 2.45) is 5.92 Å². The molecule has 3 unspecified atom stereocenters. The molecular weight excluding hydrogens is 392 g/mol. The van der Waals surface area contributed by atoms with Gasteiger partial charge in [0.25, 0.3) is 0 Å². The van der Waals surface area contributed by atoms with Crippen LogP contribution >= 0.6 is 0 Å². The number of carbonyl (C=O) groups is 1. The molecule has 1 heterocycles. The van der Waals surface area contributed by atoms with E-state index in [0.29, 0.717) is 6.54 Å². The SMILES string of the molecule is COc1ccc(F)cc1C(C)(C)CC(O)(CNC1CNCC(C)C1=O)C(F)(F)F. The average Bonchev–Trinajstić information content (AvgIpc) is 2.61. The molecule has 0 bridgehead atoms. The number of alkyl halides is 3. The Morgan fingerprint density at radius 2 is 1.93 bits per heavy atom. The van der Waals surface area contributed by atoms with Crippen LogP contribution in [-0.2, 0) is 10.2 Å². The van der Waals surface area contributed by atoms with E-state index in [9.17, 15) is 27.5 Å². The number of hydrogen-bond donors (Lipinski definition) is 3. The van der Waals surface area contributed by atoms with E-state index < -0.39 is 42.0 Å². The van der Waals surface area contributed by atoms with Crippen LogP contribution in [0.15, 0.2) is 18.2 Å². The smallest absolute Gasteiger partial charge is 0.418 e. The summed E-state index contributed by atoms with van der Waals surface area (Å²) in [5, 5.41) is 16.2. The molecule has 0 spiro atoms. The summed E-state index contributed by atoms with van der Waals surface area (Å²) in [5.74, 6) is -0.905. The molecule has 164 valence electrons. The fourth-order valence-electron chi connectivity index (χ4n) is 3.75. The van der Waals surface area contributed by atoms with Gasteiger partial charge < -0.3 is 20.5 Å². The fourth-order valence-corrected chi connectivity index (χ4v) is 3.75. The number of carbonyl (C=O) groups excluding carboxylic acids is 1. The second kappa shape index (κ2) is 8.57. The van der Waals surface area contributed by atoms with Gasteiger partial charge in [0.1, 0.15) is 11.6 Å². The molecule has 0 saturated carbocycles.